The molecule has 1 saturated heterocycles. The van der Waals surface area contributed by atoms with Crippen LogP contribution in [0.4, 0.5) is 9.18 Å². The summed E-state index contributed by atoms with van der Waals surface area (Å²) in [6.07, 6.45) is 0.845. The molecule has 2 rings (SSSR count). The van der Waals surface area contributed by atoms with Crippen LogP contribution in [0.1, 0.15) is 31.1 Å². The van der Waals surface area contributed by atoms with Gasteiger partial charge in [-0.3, -0.25) is 4.79 Å². The van der Waals surface area contributed by atoms with Crippen LogP contribution < -0.4 is 0 Å². The Hall–Kier alpha value is -1.89. The molecule has 1 aromatic rings. The summed E-state index contributed by atoms with van der Waals surface area (Å²) in [6.45, 7) is 6.82. The number of hydrogen-bond acceptors (Lipinski definition) is 4. The van der Waals surface area contributed by atoms with E-state index in [2.05, 4.69) is 4.98 Å². The Kier molecular flexibility index (Phi) is 5.09. The van der Waals surface area contributed by atoms with Crippen molar-refractivity contribution in [2.75, 3.05) is 26.2 Å². The van der Waals surface area contributed by atoms with Crippen LogP contribution in [0, 0.1) is 5.82 Å². The second-order valence-electron chi connectivity index (χ2n) is 6.26. The van der Waals surface area contributed by atoms with Crippen LogP contribution in [-0.4, -0.2) is 58.6 Å². The third kappa shape index (κ3) is 4.54. The van der Waals surface area contributed by atoms with Crippen LogP contribution in [0.15, 0.2) is 12.3 Å². The summed E-state index contributed by atoms with van der Waals surface area (Å²) in [7, 11) is 0. The first kappa shape index (κ1) is 17.5. The summed E-state index contributed by atoms with van der Waals surface area (Å²) < 4.78 is 18.7. The number of nitrogens with zero attached hydrogens (tertiary/aromatic N) is 3. The zero-order valence-electron chi connectivity index (χ0n) is 13.3. The van der Waals surface area contributed by atoms with Crippen molar-refractivity contribution < 1.29 is 18.7 Å². The molecule has 0 atom stereocenters. The first-order chi connectivity index (χ1) is 10.7. The van der Waals surface area contributed by atoms with Crippen LogP contribution in [0.5, 0.6) is 0 Å². The Bertz CT molecular complexity index is 610. The van der Waals surface area contributed by atoms with E-state index in [9.17, 15) is 14.0 Å². The van der Waals surface area contributed by atoms with Gasteiger partial charge in [-0.1, -0.05) is 11.6 Å². The number of carbonyl (C=O) groups excluding carboxylic acids is 2. The van der Waals surface area contributed by atoms with Crippen molar-refractivity contribution in [1.82, 2.24) is 14.8 Å². The molecule has 23 heavy (non-hydrogen) atoms. The lowest BCUT2D eigenvalue weighted by Gasteiger charge is -2.35. The summed E-state index contributed by atoms with van der Waals surface area (Å²) in [4.78, 5) is 31.0. The molecule has 0 spiro atoms. The van der Waals surface area contributed by atoms with Crippen molar-refractivity contribution in [2.45, 2.75) is 26.4 Å². The molecule has 6 nitrogen and oxygen atoms in total. The van der Waals surface area contributed by atoms with E-state index in [-0.39, 0.29) is 16.6 Å². The number of carbonyl (C=O) groups is 2. The van der Waals surface area contributed by atoms with Gasteiger partial charge in [0, 0.05) is 32.4 Å². The maximum Gasteiger partial charge on any atom is 0.410 e. The molecule has 0 radical (unpaired) electrons. The molecule has 0 aromatic carbocycles. The molecule has 1 fully saturated rings. The summed E-state index contributed by atoms with van der Waals surface area (Å²) in [6, 6.07) is 1.07. The fraction of sp³-hybridized carbons (Fsp3) is 0.533. The third-order valence-corrected chi connectivity index (χ3v) is 3.54. The summed E-state index contributed by atoms with van der Waals surface area (Å²) >= 11 is 5.51. The van der Waals surface area contributed by atoms with E-state index in [1.807, 2.05) is 0 Å². The molecular formula is C15H19ClFN3O3. The molecule has 1 aromatic heterocycles. The highest BCUT2D eigenvalue weighted by Gasteiger charge is 2.28. The average molecular weight is 344 g/mol. The van der Waals surface area contributed by atoms with Crippen LogP contribution in [0.2, 0.25) is 5.15 Å². The first-order valence-electron chi connectivity index (χ1n) is 7.25. The van der Waals surface area contributed by atoms with Crippen molar-refractivity contribution >= 4 is 23.6 Å². The van der Waals surface area contributed by atoms with E-state index in [1.165, 1.54) is 6.20 Å². The fourth-order valence-corrected chi connectivity index (χ4v) is 2.24. The van der Waals surface area contributed by atoms with E-state index in [0.29, 0.717) is 26.2 Å². The highest BCUT2D eigenvalue weighted by Crippen LogP contribution is 2.16. The maximum absolute atomic E-state index is 13.4. The molecular weight excluding hydrogens is 325 g/mol. The van der Waals surface area contributed by atoms with Crippen LogP contribution >= 0.6 is 11.6 Å². The first-order valence-corrected chi connectivity index (χ1v) is 7.63. The number of aromatic nitrogens is 1. The second-order valence-corrected chi connectivity index (χ2v) is 6.61. The monoisotopic (exact) mass is 343 g/mol. The molecule has 1 aliphatic heterocycles. The van der Waals surface area contributed by atoms with E-state index < -0.39 is 17.5 Å². The highest BCUT2D eigenvalue weighted by atomic mass is 35.5. The van der Waals surface area contributed by atoms with Crippen molar-refractivity contribution in [3.05, 3.63) is 28.8 Å². The predicted molar refractivity (Wildman–Crippen MR) is 82.9 cm³/mol. The number of rotatable bonds is 1. The van der Waals surface area contributed by atoms with Crippen molar-refractivity contribution in [3.63, 3.8) is 0 Å². The van der Waals surface area contributed by atoms with E-state index in [4.69, 9.17) is 16.3 Å². The Morgan fingerprint density at radius 3 is 2.30 bits per heavy atom. The number of amides is 2. The molecule has 0 bridgehead atoms. The number of piperazine rings is 1. The van der Waals surface area contributed by atoms with Crippen LogP contribution in [0.3, 0.4) is 0 Å². The van der Waals surface area contributed by atoms with Crippen LogP contribution in [-0.2, 0) is 4.74 Å². The van der Waals surface area contributed by atoms with Gasteiger partial charge in [-0.25, -0.2) is 14.2 Å². The average Bonchev–Trinajstić information content (AvgIpc) is 2.48. The lowest BCUT2D eigenvalue weighted by atomic mass is 10.2. The zero-order chi connectivity index (χ0) is 17.2. The molecule has 0 N–H and O–H groups in total. The lowest BCUT2D eigenvalue weighted by Crippen LogP contribution is -2.51. The van der Waals surface area contributed by atoms with Gasteiger partial charge in [-0.15, -0.1) is 0 Å². The number of ether oxygens (including phenoxy) is 1. The van der Waals surface area contributed by atoms with Gasteiger partial charge < -0.3 is 14.5 Å². The van der Waals surface area contributed by atoms with Gasteiger partial charge in [0.05, 0.1) is 5.56 Å². The molecule has 0 unspecified atom stereocenters. The minimum atomic E-state index is -0.732. The fourth-order valence-electron chi connectivity index (χ4n) is 2.14. The minimum absolute atomic E-state index is 0.137. The number of hydrogen-bond donors (Lipinski definition) is 0. The largest absolute Gasteiger partial charge is 0.444 e. The van der Waals surface area contributed by atoms with E-state index >= 15 is 0 Å². The normalized spacial score (nSPS) is 15.5. The molecule has 1 aliphatic rings. The molecule has 0 aliphatic carbocycles. The van der Waals surface area contributed by atoms with Gasteiger partial charge in [0.1, 0.15) is 5.60 Å². The zero-order valence-corrected chi connectivity index (χ0v) is 14.1. The molecule has 126 valence electrons. The summed E-state index contributed by atoms with van der Waals surface area (Å²) in [5.41, 5.74) is -0.422. The smallest absolute Gasteiger partial charge is 0.410 e. The van der Waals surface area contributed by atoms with Gasteiger partial charge in [-0.05, 0) is 26.8 Å². The maximum atomic E-state index is 13.4. The summed E-state index contributed by atoms with van der Waals surface area (Å²) in [5.74, 6) is -1.07. The van der Waals surface area contributed by atoms with Gasteiger partial charge in [0.25, 0.3) is 5.91 Å². The van der Waals surface area contributed by atoms with Gasteiger partial charge in [0.15, 0.2) is 11.0 Å². The van der Waals surface area contributed by atoms with E-state index in [1.54, 1.807) is 30.6 Å². The quantitative estimate of drug-likeness (QED) is 0.735. The Morgan fingerprint density at radius 2 is 1.78 bits per heavy atom. The molecule has 8 heteroatoms. The third-order valence-electron chi connectivity index (χ3n) is 3.26. The highest BCUT2D eigenvalue weighted by molar-refractivity contribution is 6.29. The SMILES string of the molecule is CC(C)(C)OC(=O)N1CCN(C(=O)c2cnc(Cl)c(F)c2)CC1. The van der Waals surface area contributed by atoms with Gasteiger partial charge in [-0.2, -0.15) is 0 Å². The summed E-state index contributed by atoms with van der Waals surface area (Å²) in [5, 5.41) is -0.267. The minimum Gasteiger partial charge on any atom is -0.444 e. The standard InChI is InChI=1S/C15H19ClFN3O3/c1-15(2,3)23-14(22)20-6-4-19(5-7-20)13(21)10-8-11(17)12(16)18-9-10/h8-9H,4-7H2,1-3H3. The lowest BCUT2D eigenvalue weighted by molar-refractivity contribution is 0.0141. The van der Waals surface area contributed by atoms with E-state index in [0.717, 1.165) is 6.07 Å². The van der Waals surface area contributed by atoms with Crippen molar-refractivity contribution in [3.8, 4) is 0 Å². The second kappa shape index (κ2) is 6.70. The Morgan fingerprint density at radius 1 is 1.22 bits per heavy atom. The molecule has 0 saturated carbocycles. The number of pyridine rings is 1. The molecule has 2 amide bonds. The van der Waals surface area contributed by atoms with Crippen molar-refractivity contribution in [2.24, 2.45) is 0 Å². The number of halogens is 2. The molecule has 2 heterocycles. The Balaban J connectivity index is 1.94. The Labute approximate surface area is 139 Å². The van der Waals surface area contributed by atoms with Crippen molar-refractivity contribution in [1.29, 1.82) is 0 Å². The topological polar surface area (TPSA) is 62.7 Å². The van der Waals surface area contributed by atoms with Crippen LogP contribution in [0.25, 0.3) is 0 Å². The van der Waals surface area contributed by atoms with Gasteiger partial charge >= 0.3 is 6.09 Å². The van der Waals surface area contributed by atoms with Gasteiger partial charge in [0.2, 0.25) is 0 Å². The predicted octanol–water partition coefficient (Wildman–Crippen LogP) is 2.57.